The van der Waals surface area contributed by atoms with Crippen molar-refractivity contribution in [2.75, 3.05) is 25.0 Å². The highest BCUT2D eigenvalue weighted by Gasteiger charge is 2.23. The van der Waals surface area contributed by atoms with E-state index in [0.29, 0.717) is 28.8 Å². The van der Waals surface area contributed by atoms with E-state index < -0.39 is 0 Å². The van der Waals surface area contributed by atoms with E-state index in [1.807, 2.05) is 13.0 Å². The first-order chi connectivity index (χ1) is 10.0. The summed E-state index contributed by atoms with van der Waals surface area (Å²) in [7, 11) is 0. The van der Waals surface area contributed by atoms with Crippen LogP contribution in [0.3, 0.4) is 0 Å². The summed E-state index contributed by atoms with van der Waals surface area (Å²) in [5.74, 6) is -0.107. The van der Waals surface area contributed by atoms with Gasteiger partial charge in [-0.15, -0.1) is 0 Å². The van der Waals surface area contributed by atoms with Crippen LogP contribution in [0.15, 0.2) is 12.1 Å². The zero-order valence-electron chi connectivity index (χ0n) is 12.2. The van der Waals surface area contributed by atoms with E-state index >= 15 is 0 Å². The Morgan fingerprint density at radius 1 is 1.43 bits per heavy atom. The minimum absolute atomic E-state index is 0.107. The molecule has 2 rings (SSSR count). The van der Waals surface area contributed by atoms with Crippen molar-refractivity contribution in [3.05, 3.63) is 27.7 Å². The highest BCUT2D eigenvalue weighted by atomic mass is 35.5. The predicted molar refractivity (Wildman–Crippen MR) is 88.1 cm³/mol. The average Bonchev–Trinajstić information content (AvgIpc) is 2.48. The Morgan fingerprint density at radius 2 is 2.19 bits per heavy atom. The maximum atomic E-state index is 12.2. The van der Waals surface area contributed by atoms with Gasteiger partial charge in [0, 0.05) is 12.6 Å². The predicted octanol–water partition coefficient (Wildman–Crippen LogP) is 3.05. The summed E-state index contributed by atoms with van der Waals surface area (Å²) in [6.45, 7) is 3.69. The molecule has 4 nitrogen and oxygen atoms in total. The van der Waals surface area contributed by atoms with E-state index in [4.69, 9.17) is 28.9 Å². The molecule has 0 spiro atoms. The number of nitrogens with zero attached hydrogens (tertiary/aromatic N) is 1. The van der Waals surface area contributed by atoms with Crippen molar-refractivity contribution in [1.82, 2.24) is 4.90 Å². The molecule has 0 radical (unpaired) electrons. The van der Waals surface area contributed by atoms with E-state index in [9.17, 15) is 4.79 Å². The van der Waals surface area contributed by atoms with Gasteiger partial charge in [-0.05, 0) is 37.9 Å². The number of aryl methyl sites for hydroxylation is 1. The number of carbonyl (C=O) groups excluding carboxylic acids is 1. The van der Waals surface area contributed by atoms with Gasteiger partial charge in [0.1, 0.15) is 0 Å². The lowest BCUT2D eigenvalue weighted by atomic mass is 10.0. The zero-order valence-corrected chi connectivity index (χ0v) is 13.7. The van der Waals surface area contributed by atoms with E-state index in [-0.39, 0.29) is 11.9 Å². The second-order valence-corrected chi connectivity index (χ2v) is 6.24. The smallest absolute Gasteiger partial charge is 0.238 e. The first kappa shape index (κ1) is 16.6. The van der Waals surface area contributed by atoms with Gasteiger partial charge >= 0.3 is 0 Å². The Kier molecular flexibility index (Phi) is 5.88. The standard InChI is InChI=1S/C15H21Cl2N3O/c1-10-5-6-12(16)15(14(10)17)19-13(21)9-20-7-3-2-4-11(20)8-18/h5-6,11H,2-4,7-9,18H2,1H3,(H,19,21). The van der Waals surface area contributed by atoms with Crippen LogP contribution in [0, 0.1) is 6.92 Å². The summed E-state index contributed by atoms with van der Waals surface area (Å²) >= 11 is 12.3. The third-order valence-corrected chi connectivity index (χ3v) is 4.72. The number of nitrogens with two attached hydrogens (primary N) is 1. The number of rotatable bonds is 4. The second kappa shape index (κ2) is 7.45. The lowest BCUT2D eigenvalue weighted by Crippen LogP contribution is -2.47. The highest BCUT2D eigenvalue weighted by Crippen LogP contribution is 2.32. The van der Waals surface area contributed by atoms with Crippen molar-refractivity contribution in [2.24, 2.45) is 5.73 Å². The van der Waals surface area contributed by atoms with Gasteiger partial charge in [-0.2, -0.15) is 0 Å². The summed E-state index contributed by atoms with van der Waals surface area (Å²) in [5.41, 5.74) is 7.15. The number of benzene rings is 1. The summed E-state index contributed by atoms with van der Waals surface area (Å²) in [6.07, 6.45) is 3.33. The molecule has 0 saturated carbocycles. The highest BCUT2D eigenvalue weighted by molar-refractivity contribution is 6.40. The van der Waals surface area contributed by atoms with Crippen LogP contribution in [-0.2, 0) is 4.79 Å². The van der Waals surface area contributed by atoms with Gasteiger partial charge in [0.15, 0.2) is 0 Å². The lowest BCUT2D eigenvalue weighted by molar-refractivity contribution is -0.118. The Morgan fingerprint density at radius 3 is 2.90 bits per heavy atom. The molecule has 1 saturated heterocycles. The molecule has 1 aromatic carbocycles. The molecule has 1 heterocycles. The molecule has 21 heavy (non-hydrogen) atoms. The van der Waals surface area contributed by atoms with Crippen molar-refractivity contribution >= 4 is 34.8 Å². The van der Waals surface area contributed by atoms with Crippen LogP contribution in [0.25, 0.3) is 0 Å². The molecular weight excluding hydrogens is 309 g/mol. The van der Waals surface area contributed by atoms with Gasteiger partial charge in [-0.3, -0.25) is 9.69 Å². The van der Waals surface area contributed by atoms with Crippen molar-refractivity contribution in [3.8, 4) is 0 Å². The van der Waals surface area contributed by atoms with E-state index in [1.165, 1.54) is 6.42 Å². The number of amides is 1. The largest absolute Gasteiger partial charge is 0.329 e. The molecule has 1 unspecified atom stereocenters. The summed E-state index contributed by atoms with van der Waals surface area (Å²) < 4.78 is 0. The number of carbonyl (C=O) groups is 1. The second-order valence-electron chi connectivity index (χ2n) is 5.46. The first-order valence-corrected chi connectivity index (χ1v) is 7.97. The van der Waals surface area contributed by atoms with Gasteiger partial charge in [0.05, 0.1) is 22.3 Å². The molecule has 3 N–H and O–H groups in total. The maximum Gasteiger partial charge on any atom is 0.238 e. The molecule has 1 aliphatic rings. The number of halogens is 2. The van der Waals surface area contributed by atoms with Crippen LogP contribution < -0.4 is 11.1 Å². The van der Waals surface area contributed by atoms with Crippen LogP contribution >= 0.6 is 23.2 Å². The average molecular weight is 330 g/mol. The van der Waals surface area contributed by atoms with Crippen molar-refractivity contribution in [1.29, 1.82) is 0 Å². The fourth-order valence-electron chi connectivity index (χ4n) is 2.67. The number of piperidine rings is 1. The molecule has 0 aromatic heterocycles. The topological polar surface area (TPSA) is 58.4 Å². The minimum Gasteiger partial charge on any atom is -0.329 e. The van der Waals surface area contributed by atoms with Gasteiger partial charge in [-0.25, -0.2) is 0 Å². The molecule has 1 fully saturated rings. The van der Waals surface area contributed by atoms with E-state index in [1.54, 1.807) is 6.07 Å². The van der Waals surface area contributed by atoms with Crippen molar-refractivity contribution in [3.63, 3.8) is 0 Å². The monoisotopic (exact) mass is 329 g/mol. The van der Waals surface area contributed by atoms with Gasteiger partial charge in [-0.1, -0.05) is 35.7 Å². The number of hydrogen-bond acceptors (Lipinski definition) is 3. The number of likely N-dealkylation sites (tertiary alicyclic amines) is 1. The summed E-state index contributed by atoms with van der Waals surface area (Å²) in [5, 5.41) is 3.77. The molecule has 0 aliphatic carbocycles. The number of nitrogens with one attached hydrogen (secondary N) is 1. The fraction of sp³-hybridized carbons (Fsp3) is 0.533. The van der Waals surface area contributed by atoms with Gasteiger partial charge < -0.3 is 11.1 Å². The first-order valence-electron chi connectivity index (χ1n) is 7.21. The Hall–Kier alpha value is -0.810. The molecule has 0 bridgehead atoms. The molecule has 1 amide bonds. The molecule has 1 atom stereocenters. The van der Waals surface area contributed by atoms with Crippen molar-refractivity contribution in [2.45, 2.75) is 32.2 Å². The molecule has 6 heteroatoms. The molecule has 1 aliphatic heterocycles. The number of hydrogen-bond donors (Lipinski definition) is 2. The third-order valence-electron chi connectivity index (χ3n) is 3.92. The number of anilines is 1. The van der Waals surface area contributed by atoms with Crippen molar-refractivity contribution < 1.29 is 4.79 Å². The molecular formula is C15H21Cl2N3O. The normalized spacial score (nSPS) is 19.5. The summed E-state index contributed by atoms with van der Waals surface area (Å²) in [6, 6.07) is 3.85. The summed E-state index contributed by atoms with van der Waals surface area (Å²) in [4.78, 5) is 14.4. The molecule has 1 aromatic rings. The van der Waals surface area contributed by atoms with Crippen LogP contribution in [0.1, 0.15) is 24.8 Å². The molecule has 116 valence electrons. The van der Waals surface area contributed by atoms with E-state index in [2.05, 4.69) is 10.2 Å². The Balaban J connectivity index is 2.03. The van der Waals surface area contributed by atoms with Gasteiger partial charge in [0.2, 0.25) is 5.91 Å². The van der Waals surface area contributed by atoms with Crippen LogP contribution in [0.5, 0.6) is 0 Å². The maximum absolute atomic E-state index is 12.2. The fourth-order valence-corrected chi connectivity index (χ4v) is 3.13. The van der Waals surface area contributed by atoms with Crippen LogP contribution in [-0.4, -0.2) is 36.5 Å². The Labute approximate surface area is 135 Å². The zero-order chi connectivity index (χ0) is 15.4. The Bertz CT molecular complexity index is 522. The third kappa shape index (κ3) is 4.10. The van der Waals surface area contributed by atoms with Crippen LogP contribution in [0.2, 0.25) is 10.0 Å². The minimum atomic E-state index is -0.107. The van der Waals surface area contributed by atoms with E-state index in [0.717, 1.165) is 24.9 Å². The quantitative estimate of drug-likeness (QED) is 0.892. The van der Waals surface area contributed by atoms with Gasteiger partial charge in [0.25, 0.3) is 0 Å². The SMILES string of the molecule is Cc1ccc(Cl)c(NC(=O)CN2CCCCC2CN)c1Cl. The van der Waals surface area contributed by atoms with Crippen LogP contribution in [0.4, 0.5) is 5.69 Å². The lowest BCUT2D eigenvalue weighted by Gasteiger charge is -2.34.